The van der Waals surface area contributed by atoms with E-state index < -0.39 is 0 Å². The summed E-state index contributed by atoms with van der Waals surface area (Å²) in [7, 11) is 0. The van der Waals surface area contributed by atoms with Crippen molar-refractivity contribution in [2.24, 2.45) is 0 Å². The van der Waals surface area contributed by atoms with Crippen LogP contribution in [0.3, 0.4) is 0 Å². The second-order valence-electron chi connectivity index (χ2n) is 0.962. The average molecular weight is 308 g/mol. The summed E-state index contributed by atoms with van der Waals surface area (Å²) in [6.45, 7) is 5.00. The zero-order chi connectivity index (χ0) is 7.54. The van der Waals surface area contributed by atoms with Gasteiger partial charge in [0.2, 0.25) is 0 Å². The summed E-state index contributed by atoms with van der Waals surface area (Å²) >= 11 is 0. The molecule has 0 aliphatic rings. The van der Waals surface area contributed by atoms with Crippen molar-refractivity contribution in [3.8, 4) is 0 Å². The molecule has 0 aliphatic carbocycles. The van der Waals surface area contributed by atoms with Gasteiger partial charge < -0.3 is 17.4 Å². The Labute approximate surface area is 76.0 Å². The van der Waals surface area contributed by atoms with Crippen LogP contribution in [0.1, 0.15) is 6.92 Å². The molecule has 0 aromatic heterocycles. The Bertz CT molecular complexity index is 80.5. The summed E-state index contributed by atoms with van der Waals surface area (Å²) in [6, 6.07) is 10.0. The van der Waals surface area contributed by atoms with Crippen LogP contribution in [0, 0.1) is 11.8 Å². The molecule has 0 radical (unpaired) electrons. The van der Waals surface area contributed by atoms with E-state index in [1.54, 1.807) is 6.92 Å². The van der Waals surface area contributed by atoms with Gasteiger partial charge in [-0.3, -0.25) is 0 Å². The normalized spacial score (nSPS) is 5.00. The van der Waals surface area contributed by atoms with E-state index in [1.165, 1.54) is 0 Å². The summed E-state index contributed by atoms with van der Waals surface area (Å²) in [5, 5.41) is 0. The van der Waals surface area contributed by atoms with Crippen LogP contribution in [0.25, 0.3) is 5.59 Å². The smallest absolute Gasteiger partial charge is 0 e. The first kappa shape index (κ1) is 16.3. The summed E-state index contributed by atoms with van der Waals surface area (Å²) < 4.78 is 0. The van der Waals surface area contributed by atoms with Gasteiger partial charge in [0.25, 0.3) is 0 Å². The Morgan fingerprint density at radius 1 is 1.20 bits per heavy atom. The van der Waals surface area contributed by atoms with Gasteiger partial charge in [-0.1, -0.05) is 0 Å². The van der Waals surface area contributed by atoms with Gasteiger partial charge in [0.1, 0.15) is 0 Å². The SMILES string of the molecule is [CH2-]C.[N-]=O.[W].c1cc[cH-]c1. The largest absolute Gasteiger partial charge is 0.577 e. The molecular formula is C7H10NOW-3. The van der Waals surface area contributed by atoms with Crippen molar-refractivity contribution in [1.29, 1.82) is 0 Å². The van der Waals surface area contributed by atoms with Crippen molar-refractivity contribution in [3.63, 3.8) is 0 Å². The molecule has 0 bridgehead atoms. The topological polar surface area (TPSA) is 39.4 Å². The van der Waals surface area contributed by atoms with Crippen molar-refractivity contribution < 1.29 is 21.1 Å². The third-order valence-electron chi connectivity index (χ3n) is 0.556. The van der Waals surface area contributed by atoms with Gasteiger partial charge in [-0.15, -0.1) is 0 Å². The Morgan fingerprint density at radius 2 is 1.50 bits per heavy atom. The van der Waals surface area contributed by atoms with E-state index in [4.69, 9.17) is 10.5 Å². The Balaban J connectivity index is -0.0000000875. The zero-order valence-electron chi connectivity index (χ0n) is 5.86. The zero-order valence-corrected chi connectivity index (χ0v) is 8.79. The van der Waals surface area contributed by atoms with Gasteiger partial charge in [-0.25, -0.2) is 12.1 Å². The quantitative estimate of drug-likeness (QED) is 0.679. The molecule has 0 amide bonds. The number of hydrogen-bond donors (Lipinski definition) is 0. The second-order valence-corrected chi connectivity index (χ2v) is 0.962. The molecule has 10 heavy (non-hydrogen) atoms. The van der Waals surface area contributed by atoms with Crippen LogP contribution in [0.4, 0.5) is 0 Å². The standard InChI is InChI=1S/C5H5.C2H5.NO.W/c1-2-4-5-3-1;2*1-2;/h1-5H;1H2,2H3;;/q3*-1;. The number of nitrogens with zero attached hydrogens (tertiary/aromatic N) is 1. The molecule has 0 N–H and O–H groups in total. The minimum Gasteiger partial charge on any atom is -0.577 e. The van der Waals surface area contributed by atoms with Gasteiger partial charge in [0, 0.05) is 21.1 Å². The average Bonchev–Trinajstić information content (AvgIpc) is 2.51. The van der Waals surface area contributed by atoms with Crippen LogP contribution in [0.5, 0.6) is 0 Å². The maximum Gasteiger partial charge on any atom is 0 e. The van der Waals surface area contributed by atoms with Crippen molar-refractivity contribution in [2.45, 2.75) is 6.92 Å². The molecule has 0 heterocycles. The molecule has 0 atom stereocenters. The minimum absolute atomic E-state index is 0. The van der Waals surface area contributed by atoms with Crippen molar-refractivity contribution in [3.05, 3.63) is 47.8 Å². The van der Waals surface area contributed by atoms with Crippen LogP contribution in [0.2, 0.25) is 0 Å². The fourth-order valence-electron chi connectivity index (χ4n) is 0.321. The molecule has 0 aliphatic heterocycles. The van der Waals surface area contributed by atoms with Gasteiger partial charge in [-0.05, 0) is 0 Å². The maximum atomic E-state index is 7.25. The Morgan fingerprint density at radius 3 is 1.60 bits per heavy atom. The van der Waals surface area contributed by atoms with E-state index in [2.05, 4.69) is 6.92 Å². The van der Waals surface area contributed by atoms with Gasteiger partial charge >= 0.3 is 0 Å². The summed E-state index contributed by atoms with van der Waals surface area (Å²) in [4.78, 5) is 7.25. The van der Waals surface area contributed by atoms with E-state index in [1.807, 2.05) is 30.3 Å². The van der Waals surface area contributed by atoms with Crippen LogP contribution in [0.15, 0.2) is 30.3 Å². The first-order valence-electron chi connectivity index (χ1n) is 2.56. The van der Waals surface area contributed by atoms with Crippen LogP contribution in [-0.4, -0.2) is 0 Å². The number of nitroso groups, excluding NO2 is 1. The maximum absolute atomic E-state index is 7.25. The third-order valence-corrected chi connectivity index (χ3v) is 0.556. The fraction of sp³-hybridized carbons (Fsp3) is 0.143. The molecule has 3 heteroatoms. The van der Waals surface area contributed by atoms with Crippen molar-refractivity contribution >= 4 is 0 Å². The third kappa shape index (κ3) is 15.6. The minimum atomic E-state index is 0. The van der Waals surface area contributed by atoms with Gasteiger partial charge in [0.15, 0.2) is 0 Å². The molecule has 2 nitrogen and oxygen atoms in total. The second kappa shape index (κ2) is 23.4. The number of hydrogen-bond acceptors (Lipinski definition) is 1. The van der Waals surface area contributed by atoms with E-state index >= 15 is 0 Å². The van der Waals surface area contributed by atoms with Crippen molar-refractivity contribution in [1.82, 2.24) is 0 Å². The van der Waals surface area contributed by atoms with Crippen molar-refractivity contribution in [2.75, 3.05) is 0 Å². The predicted octanol–water partition coefficient (Wildman–Crippen LogP) is 2.57. The number of rotatable bonds is 0. The monoisotopic (exact) mass is 308 g/mol. The summed E-state index contributed by atoms with van der Waals surface area (Å²) in [6.07, 6.45) is 0. The van der Waals surface area contributed by atoms with E-state index in [-0.39, 0.29) is 21.1 Å². The predicted molar refractivity (Wildman–Crippen MR) is 39.8 cm³/mol. The molecule has 0 unspecified atom stereocenters. The first-order chi connectivity index (χ1) is 4.50. The molecule has 1 aromatic rings. The summed E-state index contributed by atoms with van der Waals surface area (Å²) in [5.41, 5.74) is 5.75. The van der Waals surface area contributed by atoms with Gasteiger partial charge in [-0.2, -0.15) is 25.1 Å². The Hall–Kier alpha value is -0.362. The van der Waals surface area contributed by atoms with Crippen LogP contribution in [-0.2, 0) is 21.1 Å². The molecule has 1 aromatic carbocycles. The first-order valence-corrected chi connectivity index (χ1v) is 2.56. The van der Waals surface area contributed by atoms with E-state index in [0.717, 1.165) is 0 Å². The molecule has 0 fully saturated rings. The van der Waals surface area contributed by atoms with Crippen LogP contribution < -0.4 is 0 Å². The fourth-order valence-corrected chi connectivity index (χ4v) is 0.321. The molecule has 0 spiro atoms. The molecule has 0 saturated heterocycles. The van der Waals surface area contributed by atoms with E-state index in [9.17, 15) is 0 Å². The molecule has 1 rings (SSSR count). The molecule has 58 valence electrons. The molecule has 0 saturated carbocycles. The summed E-state index contributed by atoms with van der Waals surface area (Å²) in [5.74, 6) is 0. The van der Waals surface area contributed by atoms with E-state index in [0.29, 0.717) is 0 Å². The van der Waals surface area contributed by atoms with Gasteiger partial charge in [0.05, 0.1) is 0 Å². The van der Waals surface area contributed by atoms with Crippen LogP contribution >= 0.6 is 0 Å². The Kier molecular flexibility index (Phi) is 38.2. The molecular weight excluding hydrogens is 298 g/mol.